The van der Waals surface area contributed by atoms with Gasteiger partial charge in [-0.1, -0.05) is 70.5 Å². The van der Waals surface area contributed by atoms with Gasteiger partial charge in [-0.25, -0.2) is 0 Å². The van der Waals surface area contributed by atoms with Crippen LogP contribution in [0.3, 0.4) is 0 Å². The third-order valence-electron chi connectivity index (χ3n) is 5.25. The Morgan fingerprint density at radius 1 is 1.03 bits per heavy atom. The summed E-state index contributed by atoms with van der Waals surface area (Å²) in [5.74, 6) is 1.29. The van der Waals surface area contributed by atoms with Gasteiger partial charge in [0.2, 0.25) is 11.7 Å². The van der Waals surface area contributed by atoms with Crippen molar-refractivity contribution in [1.29, 1.82) is 0 Å². The molecule has 3 aromatic rings. The molecule has 172 valence electrons. The molecule has 1 unspecified atom stereocenters. The third kappa shape index (κ3) is 7.06. The highest BCUT2D eigenvalue weighted by atomic mass is 33.1. The van der Waals surface area contributed by atoms with E-state index < -0.39 is 0 Å². The average Bonchev–Trinajstić information content (AvgIpc) is 3.54. The fourth-order valence-electron chi connectivity index (χ4n) is 3.42. The molecular formula is C23H26N6O2S2. The summed E-state index contributed by atoms with van der Waals surface area (Å²) in [5, 5.41) is 13.3. The molecular weight excluding hydrogens is 456 g/mol. The van der Waals surface area contributed by atoms with Crippen LogP contribution in [0, 0.1) is 0 Å². The van der Waals surface area contributed by atoms with E-state index >= 15 is 0 Å². The largest absolute Gasteiger partial charge is 0.273 e. The highest BCUT2D eigenvalue weighted by molar-refractivity contribution is 8.77. The molecule has 0 aliphatic carbocycles. The van der Waals surface area contributed by atoms with Crippen molar-refractivity contribution >= 4 is 33.4 Å². The molecule has 2 amide bonds. The van der Waals surface area contributed by atoms with Gasteiger partial charge in [0.05, 0.1) is 6.54 Å². The molecule has 0 radical (unpaired) electrons. The quantitative estimate of drug-likeness (QED) is 0.271. The predicted molar refractivity (Wildman–Crippen MR) is 131 cm³/mol. The maximum Gasteiger partial charge on any atom is 0.269 e. The number of hydrazine groups is 1. The van der Waals surface area contributed by atoms with Gasteiger partial charge in [0.25, 0.3) is 5.91 Å². The summed E-state index contributed by atoms with van der Waals surface area (Å²) in [5.41, 5.74) is 7.30. The van der Waals surface area contributed by atoms with Gasteiger partial charge in [-0.05, 0) is 42.2 Å². The van der Waals surface area contributed by atoms with Gasteiger partial charge in [-0.15, -0.1) is 10.2 Å². The van der Waals surface area contributed by atoms with Crippen molar-refractivity contribution in [2.45, 2.75) is 43.9 Å². The Morgan fingerprint density at radius 3 is 2.61 bits per heavy atom. The molecule has 4 rings (SSSR count). The Bertz CT molecular complexity index is 1050. The van der Waals surface area contributed by atoms with Gasteiger partial charge >= 0.3 is 0 Å². The summed E-state index contributed by atoms with van der Waals surface area (Å²) in [6.07, 6.45) is 4.70. The zero-order valence-electron chi connectivity index (χ0n) is 18.1. The van der Waals surface area contributed by atoms with Crippen LogP contribution in [-0.4, -0.2) is 43.0 Å². The highest BCUT2D eigenvalue weighted by Gasteiger charge is 2.16. The standard InChI is InChI=1S/C23H26N6O2S2/c30-21(9-5-4-8-20-14-15-32-33-20)24-26-23(31)19-12-10-17(11-13-19)16-29-27-22(25-28-29)18-6-2-1-3-7-18/h1-3,6-7,10-13,20H,4-5,8-9,14-16H2,(H,24,30)(H,26,31). The van der Waals surface area contributed by atoms with Crippen LogP contribution in [0.15, 0.2) is 54.6 Å². The van der Waals surface area contributed by atoms with E-state index in [9.17, 15) is 9.59 Å². The Kier molecular flexibility index (Phi) is 8.37. The monoisotopic (exact) mass is 482 g/mol. The summed E-state index contributed by atoms with van der Waals surface area (Å²) < 4.78 is 0. The number of tetrazole rings is 1. The van der Waals surface area contributed by atoms with E-state index in [1.165, 1.54) is 17.0 Å². The van der Waals surface area contributed by atoms with E-state index in [4.69, 9.17) is 0 Å². The number of aromatic nitrogens is 4. The molecule has 1 saturated heterocycles. The minimum Gasteiger partial charge on any atom is -0.273 e. The van der Waals surface area contributed by atoms with E-state index in [2.05, 4.69) is 26.3 Å². The number of carbonyl (C=O) groups excluding carboxylic acids is 2. The lowest BCUT2D eigenvalue weighted by Gasteiger charge is -2.09. The first-order valence-electron chi connectivity index (χ1n) is 11.0. The van der Waals surface area contributed by atoms with Gasteiger partial charge in [-0.2, -0.15) is 4.80 Å². The average molecular weight is 483 g/mol. The number of benzene rings is 2. The van der Waals surface area contributed by atoms with Crippen molar-refractivity contribution in [3.8, 4) is 11.4 Å². The number of nitrogens with one attached hydrogen (secondary N) is 2. The molecule has 0 saturated carbocycles. The van der Waals surface area contributed by atoms with Crippen LogP contribution in [0.1, 0.15) is 48.0 Å². The van der Waals surface area contributed by atoms with Gasteiger partial charge in [0.15, 0.2) is 0 Å². The molecule has 0 bridgehead atoms. The smallest absolute Gasteiger partial charge is 0.269 e. The number of amides is 2. The van der Waals surface area contributed by atoms with E-state index in [1.807, 2.05) is 64.1 Å². The molecule has 8 nitrogen and oxygen atoms in total. The minimum atomic E-state index is -0.348. The normalized spacial score (nSPS) is 15.3. The van der Waals surface area contributed by atoms with Gasteiger partial charge in [-0.3, -0.25) is 20.4 Å². The van der Waals surface area contributed by atoms with Crippen LogP contribution in [0.4, 0.5) is 0 Å². The maximum atomic E-state index is 12.3. The summed E-state index contributed by atoms with van der Waals surface area (Å²) >= 11 is 0. The number of hydrogen-bond acceptors (Lipinski definition) is 7. The molecule has 1 aliphatic heterocycles. The number of carbonyl (C=O) groups is 2. The Labute approximate surface area is 200 Å². The first kappa shape index (κ1) is 23.3. The number of nitrogens with zero attached hydrogens (tertiary/aromatic N) is 4. The fraction of sp³-hybridized carbons (Fsp3) is 0.348. The second-order valence-corrected chi connectivity index (χ2v) is 10.6. The molecule has 1 aromatic heterocycles. The maximum absolute atomic E-state index is 12.3. The number of rotatable bonds is 9. The predicted octanol–water partition coefficient (Wildman–Crippen LogP) is 3.86. The van der Waals surface area contributed by atoms with Crippen LogP contribution in [0.5, 0.6) is 0 Å². The molecule has 10 heteroatoms. The van der Waals surface area contributed by atoms with Crippen LogP contribution >= 0.6 is 21.6 Å². The summed E-state index contributed by atoms with van der Waals surface area (Å²) in [6.45, 7) is 0.441. The molecule has 33 heavy (non-hydrogen) atoms. The molecule has 2 heterocycles. The van der Waals surface area contributed by atoms with E-state index in [-0.39, 0.29) is 11.8 Å². The fourth-order valence-corrected chi connectivity index (χ4v) is 6.45. The zero-order valence-corrected chi connectivity index (χ0v) is 19.8. The van der Waals surface area contributed by atoms with Crippen LogP contribution < -0.4 is 10.9 Å². The lowest BCUT2D eigenvalue weighted by molar-refractivity contribution is -0.122. The lowest BCUT2D eigenvalue weighted by atomic mass is 10.1. The van der Waals surface area contributed by atoms with Crippen molar-refractivity contribution < 1.29 is 9.59 Å². The summed E-state index contributed by atoms with van der Waals surface area (Å²) in [4.78, 5) is 25.8. The van der Waals surface area contributed by atoms with E-state index in [0.29, 0.717) is 24.4 Å². The minimum absolute atomic E-state index is 0.167. The first-order chi connectivity index (χ1) is 16.2. The molecule has 1 atom stereocenters. The van der Waals surface area contributed by atoms with Crippen LogP contribution in [0.25, 0.3) is 11.4 Å². The van der Waals surface area contributed by atoms with Crippen molar-refractivity contribution in [2.75, 3.05) is 5.75 Å². The summed E-state index contributed by atoms with van der Waals surface area (Å²) in [7, 11) is 3.90. The molecule has 2 aromatic carbocycles. The molecule has 2 N–H and O–H groups in total. The van der Waals surface area contributed by atoms with Gasteiger partial charge in [0, 0.05) is 28.6 Å². The van der Waals surface area contributed by atoms with Crippen molar-refractivity contribution in [3.63, 3.8) is 0 Å². The zero-order chi connectivity index (χ0) is 22.9. The van der Waals surface area contributed by atoms with Crippen LogP contribution in [0.2, 0.25) is 0 Å². The third-order valence-corrected chi connectivity index (χ3v) is 8.25. The topological polar surface area (TPSA) is 102 Å². The molecule has 1 aliphatic rings. The van der Waals surface area contributed by atoms with Crippen molar-refractivity contribution in [2.24, 2.45) is 0 Å². The van der Waals surface area contributed by atoms with Crippen molar-refractivity contribution in [3.05, 3.63) is 65.7 Å². The van der Waals surface area contributed by atoms with Crippen molar-refractivity contribution in [1.82, 2.24) is 31.1 Å². The van der Waals surface area contributed by atoms with Gasteiger partial charge in [0.1, 0.15) is 0 Å². The van der Waals surface area contributed by atoms with Crippen LogP contribution in [-0.2, 0) is 11.3 Å². The number of hydrogen-bond donors (Lipinski definition) is 2. The second kappa shape index (κ2) is 11.9. The molecule has 1 fully saturated rings. The lowest BCUT2D eigenvalue weighted by Crippen LogP contribution is -2.41. The van der Waals surface area contributed by atoms with Gasteiger partial charge < -0.3 is 0 Å². The Balaban J connectivity index is 1.19. The highest BCUT2D eigenvalue weighted by Crippen LogP contribution is 2.39. The first-order valence-corrected chi connectivity index (χ1v) is 13.4. The summed E-state index contributed by atoms with van der Waals surface area (Å²) in [6, 6.07) is 16.8. The SMILES string of the molecule is O=C(CCCCC1CCSS1)NNC(=O)c1ccc(Cn2nnc(-c3ccccc3)n2)cc1. The number of unbranched alkanes of at least 4 members (excludes halogenated alkanes) is 1. The Hall–Kier alpha value is -2.85. The van der Waals surface area contributed by atoms with E-state index in [0.717, 1.165) is 35.6 Å². The molecule has 0 spiro atoms. The Morgan fingerprint density at radius 2 is 1.85 bits per heavy atom. The van der Waals surface area contributed by atoms with E-state index in [1.54, 1.807) is 12.1 Å². The second-order valence-electron chi connectivity index (χ2n) is 7.78.